The molecule has 1 aromatic rings. The molecule has 2 aliphatic heterocycles. The number of carboxylic acids is 1. The van der Waals surface area contributed by atoms with E-state index in [0.29, 0.717) is 6.54 Å². The molecule has 28 heavy (non-hydrogen) atoms. The number of Topliss-reactive ketones (excluding diaryl/α,β-unsaturated/α-hetero) is 1. The third-order valence-electron chi connectivity index (χ3n) is 6.89. The minimum atomic E-state index is -0.960. The minimum Gasteiger partial charge on any atom is -0.480 e. The van der Waals surface area contributed by atoms with E-state index in [1.54, 1.807) is 0 Å². The number of piperidine rings is 1. The molecule has 1 unspecified atom stereocenters. The number of amides is 1. The van der Waals surface area contributed by atoms with Crippen molar-refractivity contribution in [1.29, 1.82) is 0 Å². The monoisotopic (exact) mass is 384 g/mol. The lowest BCUT2D eigenvalue weighted by atomic mass is 9.65. The van der Waals surface area contributed by atoms with Crippen LogP contribution in [0.3, 0.4) is 0 Å². The summed E-state index contributed by atoms with van der Waals surface area (Å²) in [6.07, 6.45) is 5.95. The van der Waals surface area contributed by atoms with E-state index in [9.17, 15) is 14.4 Å². The summed E-state index contributed by atoms with van der Waals surface area (Å²) in [5.74, 6) is -0.747. The molecule has 1 aliphatic carbocycles. The number of carbonyl (C=O) groups excluding carboxylic acids is 2. The zero-order valence-corrected chi connectivity index (χ0v) is 16.2. The van der Waals surface area contributed by atoms with Gasteiger partial charge in [-0.2, -0.15) is 0 Å². The fourth-order valence-electron chi connectivity index (χ4n) is 5.22. The van der Waals surface area contributed by atoms with Gasteiger partial charge in [0.1, 0.15) is 6.54 Å². The van der Waals surface area contributed by atoms with Gasteiger partial charge in [0.05, 0.1) is 6.04 Å². The molecule has 2 fully saturated rings. The standard InChI is InChI=1S/C22H28N2O4/c25-19(26)15-24-12-4-3-7-18(21(24)28)23-13-10-22(11-14-23)9-8-16-5-1-2-6-17(16)20(22)27/h1-2,5-6,18H,3-4,7-15H2,(H,25,26). The number of carboxylic acid groups (broad SMARTS) is 1. The number of carbonyl (C=O) groups is 3. The van der Waals surface area contributed by atoms with Gasteiger partial charge in [-0.25, -0.2) is 0 Å². The predicted molar refractivity (Wildman–Crippen MR) is 104 cm³/mol. The summed E-state index contributed by atoms with van der Waals surface area (Å²) in [6, 6.07) is 7.68. The second-order valence-corrected chi connectivity index (χ2v) is 8.47. The van der Waals surface area contributed by atoms with Crippen LogP contribution in [0.4, 0.5) is 0 Å². The molecule has 3 aliphatic rings. The highest BCUT2D eigenvalue weighted by atomic mass is 16.4. The van der Waals surface area contributed by atoms with Gasteiger partial charge in [0.15, 0.2) is 5.78 Å². The number of benzene rings is 1. The Bertz CT molecular complexity index is 782. The summed E-state index contributed by atoms with van der Waals surface area (Å²) >= 11 is 0. The number of fused-ring (bicyclic) bond motifs is 1. The van der Waals surface area contributed by atoms with E-state index in [1.165, 1.54) is 4.90 Å². The van der Waals surface area contributed by atoms with Gasteiger partial charge in [0.2, 0.25) is 5.91 Å². The number of aliphatic carboxylic acids is 1. The molecular formula is C22H28N2O4. The van der Waals surface area contributed by atoms with Crippen molar-refractivity contribution < 1.29 is 19.5 Å². The first kappa shape index (κ1) is 19.1. The van der Waals surface area contributed by atoms with Gasteiger partial charge >= 0.3 is 5.97 Å². The number of ketones is 1. The fraction of sp³-hybridized carbons (Fsp3) is 0.591. The van der Waals surface area contributed by atoms with Crippen LogP contribution in [-0.2, 0) is 16.0 Å². The van der Waals surface area contributed by atoms with E-state index in [4.69, 9.17) is 5.11 Å². The fourth-order valence-corrected chi connectivity index (χ4v) is 5.22. The Morgan fingerprint density at radius 1 is 1.07 bits per heavy atom. The molecule has 0 radical (unpaired) electrons. The number of nitrogens with zero attached hydrogens (tertiary/aromatic N) is 2. The van der Waals surface area contributed by atoms with E-state index < -0.39 is 5.97 Å². The van der Waals surface area contributed by atoms with Crippen LogP contribution in [0.1, 0.15) is 54.4 Å². The first-order chi connectivity index (χ1) is 13.5. The SMILES string of the molecule is O=C(O)CN1CCCCC(N2CCC3(CCc4ccccc4C3=O)CC2)C1=O. The van der Waals surface area contributed by atoms with Gasteiger partial charge in [-0.3, -0.25) is 19.3 Å². The second kappa shape index (κ2) is 7.66. The second-order valence-electron chi connectivity index (χ2n) is 8.47. The van der Waals surface area contributed by atoms with Gasteiger partial charge in [0.25, 0.3) is 0 Å². The molecule has 2 heterocycles. The van der Waals surface area contributed by atoms with Gasteiger partial charge < -0.3 is 10.0 Å². The number of rotatable bonds is 3. The lowest BCUT2D eigenvalue weighted by molar-refractivity contribution is -0.147. The molecule has 1 N–H and O–H groups in total. The van der Waals surface area contributed by atoms with Crippen molar-refractivity contribution in [2.45, 2.75) is 51.0 Å². The van der Waals surface area contributed by atoms with Crippen LogP contribution < -0.4 is 0 Å². The summed E-state index contributed by atoms with van der Waals surface area (Å²) in [5.41, 5.74) is 1.74. The molecule has 6 nitrogen and oxygen atoms in total. The average Bonchev–Trinajstić information content (AvgIpc) is 2.87. The van der Waals surface area contributed by atoms with Gasteiger partial charge in [-0.05, 0) is 63.6 Å². The van der Waals surface area contributed by atoms with Crippen molar-refractivity contribution >= 4 is 17.7 Å². The summed E-state index contributed by atoms with van der Waals surface area (Å²) in [6.45, 7) is 1.76. The number of hydrogen-bond acceptors (Lipinski definition) is 4. The Labute approximate surface area is 165 Å². The lowest BCUT2D eigenvalue weighted by Crippen LogP contribution is -2.54. The van der Waals surface area contributed by atoms with Gasteiger partial charge in [-0.1, -0.05) is 24.3 Å². The molecule has 1 atom stereocenters. The molecule has 0 saturated carbocycles. The zero-order chi connectivity index (χ0) is 19.7. The summed E-state index contributed by atoms with van der Waals surface area (Å²) < 4.78 is 0. The summed E-state index contributed by atoms with van der Waals surface area (Å²) in [7, 11) is 0. The summed E-state index contributed by atoms with van der Waals surface area (Å²) in [4.78, 5) is 40.9. The van der Waals surface area contributed by atoms with Crippen molar-refractivity contribution in [1.82, 2.24) is 9.80 Å². The molecule has 1 aromatic carbocycles. The molecule has 6 heteroatoms. The van der Waals surface area contributed by atoms with Crippen LogP contribution in [0.15, 0.2) is 24.3 Å². The third kappa shape index (κ3) is 3.46. The molecule has 150 valence electrons. The maximum absolute atomic E-state index is 13.2. The van der Waals surface area contributed by atoms with Gasteiger partial charge in [-0.15, -0.1) is 0 Å². The van der Waals surface area contributed by atoms with Crippen molar-refractivity contribution in [2.75, 3.05) is 26.2 Å². The van der Waals surface area contributed by atoms with Crippen molar-refractivity contribution in [3.05, 3.63) is 35.4 Å². The van der Waals surface area contributed by atoms with Crippen LogP contribution in [0, 0.1) is 5.41 Å². The lowest BCUT2D eigenvalue weighted by Gasteiger charge is -2.45. The zero-order valence-electron chi connectivity index (χ0n) is 16.2. The van der Waals surface area contributed by atoms with E-state index in [2.05, 4.69) is 11.0 Å². The minimum absolute atomic E-state index is 0.0591. The first-order valence-corrected chi connectivity index (χ1v) is 10.4. The average molecular weight is 384 g/mol. The normalized spacial score (nSPS) is 25.4. The van der Waals surface area contributed by atoms with Crippen LogP contribution in [0.2, 0.25) is 0 Å². The maximum Gasteiger partial charge on any atom is 0.323 e. The highest BCUT2D eigenvalue weighted by molar-refractivity contribution is 6.02. The van der Waals surface area contributed by atoms with Crippen LogP contribution in [-0.4, -0.2) is 64.8 Å². The molecule has 2 saturated heterocycles. The Morgan fingerprint density at radius 2 is 1.82 bits per heavy atom. The number of aryl methyl sites for hydroxylation is 1. The Morgan fingerprint density at radius 3 is 2.57 bits per heavy atom. The highest BCUT2D eigenvalue weighted by Gasteiger charge is 2.46. The quantitative estimate of drug-likeness (QED) is 0.866. The first-order valence-electron chi connectivity index (χ1n) is 10.4. The van der Waals surface area contributed by atoms with E-state index in [1.807, 2.05) is 18.2 Å². The molecule has 1 amide bonds. The van der Waals surface area contributed by atoms with Crippen LogP contribution >= 0.6 is 0 Å². The maximum atomic E-state index is 13.2. The van der Waals surface area contributed by atoms with Crippen molar-refractivity contribution in [3.63, 3.8) is 0 Å². The Kier molecular flexibility index (Phi) is 5.23. The van der Waals surface area contributed by atoms with E-state index in [0.717, 1.165) is 69.2 Å². The molecule has 4 rings (SSSR count). The van der Waals surface area contributed by atoms with Gasteiger partial charge in [0, 0.05) is 17.5 Å². The van der Waals surface area contributed by atoms with E-state index >= 15 is 0 Å². The molecule has 0 bridgehead atoms. The Balaban J connectivity index is 1.46. The number of hydrogen-bond donors (Lipinski definition) is 1. The molecular weight excluding hydrogens is 356 g/mol. The van der Waals surface area contributed by atoms with Crippen LogP contribution in [0.5, 0.6) is 0 Å². The van der Waals surface area contributed by atoms with Crippen LogP contribution in [0.25, 0.3) is 0 Å². The van der Waals surface area contributed by atoms with Crippen molar-refractivity contribution in [2.24, 2.45) is 5.41 Å². The smallest absolute Gasteiger partial charge is 0.323 e. The molecule has 1 spiro atoms. The Hall–Kier alpha value is -2.21. The molecule has 0 aromatic heterocycles. The van der Waals surface area contributed by atoms with Crippen molar-refractivity contribution in [3.8, 4) is 0 Å². The van der Waals surface area contributed by atoms with E-state index in [-0.39, 0.29) is 29.7 Å². The summed E-state index contributed by atoms with van der Waals surface area (Å²) in [5, 5.41) is 9.10. The largest absolute Gasteiger partial charge is 0.480 e. The highest BCUT2D eigenvalue weighted by Crippen LogP contribution is 2.44. The topological polar surface area (TPSA) is 77.9 Å². The number of likely N-dealkylation sites (tertiary alicyclic amines) is 2. The predicted octanol–water partition coefficient (Wildman–Crippen LogP) is 2.36. The third-order valence-corrected chi connectivity index (χ3v) is 6.89.